The number of hydrogen-bond acceptors (Lipinski definition) is 2. The Balaban J connectivity index is 1.73. The molecule has 1 aromatic rings. The molecule has 0 aliphatic heterocycles. The van der Waals surface area contributed by atoms with Crippen LogP contribution in [-0.4, -0.2) is 12.1 Å². The summed E-state index contributed by atoms with van der Waals surface area (Å²) in [6, 6.07) is 9.84. The molecule has 1 fully saturated rings. The number of carbonyl (C=O) groups is 1. The van der Waals surface area contributed by atoms with Crippen molar-refractivity contribution < 1.29 is 9.53 Å². The molecule has 0 aromatic heterocycles. The molecular formula is C11H12NO2. The molecule has 3 nitrogen and oxygen atoms in total. The second-order valence-electron chi connectivity index (χ2n) is 3.40. The molecule has 0 unspecified atom stereocenters. The van der Waals surface area contributed by atoms with Crippen LogP contribution in [-0.2, 0) is 11.3 Å². The van der Waals surface area contributed by atoms with Gasteiger partial charge in [-0.1, -0.05) is 30.3 Å². The summed E-state index contributed by atoms with van der Waals surface area (Å²) in [5.74, 6) is 0. The predicted octanol–water partition coefficient (Wildman–Crippen LogP) is 2.09. The number of amides is 1. The zero-order chi connectivity index (χ0) is 9.80. The molecule has 1 saturated carbocycles. The van der Waals surface area contributed by atoms with Gasteiger partial charge in [0.25, 0.3) is 0 Å². The van der Waals surface area contributed by atoms with Crippen molar-refractivity contribution in [3.8, 4) is 0 Å². The lowest BCUT2D eigenvalue weighted by Crippen LogP contribution is -2.18. The zero-order valence-corrected chi connectivity index (χ0v) is 7.85. The van der Waals surface area contributed by atoms with Crippen LogP contribution < -0.4 is 5.32 Å². The highest BCUT2D eigenvalue weighted by atomic mass is 16.5. The molecule has 0 N–H and O–H groups in total. The maximum absolute atomic E-state index is 11.1. The first-order valence-electron chi connectivity index (χ1n) is 4.76. The molecule has 1 amide bonds. The van der Waals surface area contributed by atoms with Gasteiger partial charge in [-0.05, 0) is 18.4 Å². The van der Waals surface area contributed by atoms with Crippen molar-refractivity contribution in [3.63, 3.8) is 0 Å². The Bertz CT molecular complexity index is 306. The number of rotatable bonds is 3. The van der Waals surface area contributed by atoms with E-state index < -0.39 is 6.09 Å². The summed E-state index contributed by atoms with van der Waals surface area (Å²) in [6.07, 6.45) is 1.62. The molecule has 1 radical (unpaired) electrons. The molecule has 0 saturated heterocycles. The largest absolute Gasteiger partial charge is 0.443 e. The fourth-order valence-corrected chi connectivity index (χ4v) is 1.11. The van der Waals surface area contributed by atoms with Crippen molar-refractivity contribution >= 4 is 6.09 Å². The first kappa shape index (κ1) is 9.06. The molecule has 0 heterocycles. The number of nitrogens with zero attached hydrogens (tertiary/aromatic N) is 1. The van der Waals surface area contributed by atoms with Crippen LogP contribution in [0, 0.1) is 0 Å². The number of hydrogen-bond donors (Lipinski definition) is 0. The van der Waals surface area contributed by atoms with E-state index in [-0.39, 0.29) is 6.04 Å². The van der Waals surface area contributed by atoms with Crippen molar-refractivity contribution in [2.24, 2.45) is 0 Å². The van der Waals surface area contributed by atoms with Gasteiger partial charge in [0.05, 0.1) is 6.04 Å². The van der Waals surface area contributed by atoms with Crippen molar-refractivity contribution in [2.45, 2.75) is 25.5 Å². The van der Waals surface area contributed by atoms with Crippen LogP contribution in [0.3, 0.4) is 0 Å². The summed E-state index contributed by atoms with van der Waals surface area (Å²) in [4.78, 5) is 11.1. The van der Waals surface area contributed by atoms with Crippen LogP contribution in [0.15, 0.2) is 30.3 Å². The summed E-state index contributed by atoms with van der Waals surface area (Å²) < 4.78 is 4.97. The SMILES string of the molecule is O=C([N]C1CC1)OCc1ccccc1. The molecule has 1 aromatic carbocycles. The normalized spacial score (nSPS) is 14.9. The van der Waals surface area contributed by atoms with E-state index in [4.69, 9.17) is 4.74 Å². The number of ether oxygens (including phenoxy) is 1. The van der Waals surface area contributed by atoms with Gasteiger partial charge in [0, 0.05) is 0 Å². The molecule has 73 valence electrons. The van der Waals surface area contributed by atoms with E-state index in [0.717, 1.165) is 18.4 Å². The molecule has 2 rings (SSSR count). The molecular weight excluding hydrogens is 178 g/mol. The van der Waals surface area contributed by atoms with Crippen molar-refractivity contribution in [2.75, 3.05) is 0 Å². The highest BCUT2D eigenvalue weighted by Crippen LogP contribution is 2.20. The molecule has 1 aliphatic rings. The lowest BCUT2D eigenvalue weighted by atomic mass is 10.2. The first-order valence-corrected chi connectivity index (χ1v) is 4.76. The summed E-state index contributed by atoms with van der Waals surface area (Å²) in [5.41, 5.74) is 0.992. The molecule has 3 heteroatoms. The van der Waals surface area contributed by atoms with E-state index in [0.29, 0.717) is 6.61 Å². The van der Waals surface area contributed by atoms with E-state index in [2.05, 4.69) is 5.32 Å². The third-order valence-electron chi connectivity index (χ3n) is 2.04. The summed E-state index contributed by atoms with van der Waals surface area (Å²) in [5, 5.41) is 3.84. The van der Waals surface area contributed by atoms with E-state index in [1.165, 1.54) is 0 Å². The summed E-state index contributed by atoms with van der Waals surface area (Å²) >= 11 is 0. The molecule has 0 spiro atoms. The Morgan fingerprint density at radius 3 is 2.71 bits per heavy atom. The second-order valence-corrected chi connectivity index (χ2v) is 3.40. The smallest absolute Gasteiger partial charge is 0.429 e. The highest BCUT2D eigenvalue weighted by molar-refractivity contribution is 5.67. The average Bonchev–Trinajstić information content (AvgIpc) is 3.00. The minimum Gasteiger partial charge on any atom is -0.443 e. The maximum atomic E-state index is 11.1. The van der Waals surface area contributed by atoms with Gasteiger partial charge >= 0.3 is 6.09 Å². The van der Waals surface area contributed by atoms with Crippen LogP contribution in [0.5, 0.6) is 0 Å². The Kier molecular flexibility index (Phi) is 2.68. The van der Waals surface area contributed by atoms with Gasteiger partial charge in [0.2, 0.25) is 0 Å². The van der Waals surface area contributed by atoms with Gasteiger partial charge in [-0.15, -0.1) is 0 Å². The lowest BCUT2D eigenvalue weighted by molar-refractivity contribution is 0.138. The van der Waals surface area contributed by atoms with Crippen molar-refractivity contribution in [1.29, 1.82) is 0 Å². The lowest BCUT2D eigenvalue weighted by Gasteiger charge is -2.03. The van der Waals surface area contributed by atoms with Crippen molar-refractivity contribution in [1.82, 2.24) is 5.32 Å². The Hall–Kier alpha value is -1.51. The fourth-order valence-electron chi connectivity index (χ4n) is 1.11. The standard InChI is InChI=1S/C11H12NO2/c13-11(12-10-6-7-10)14-8-9-4-2-1-3-5-9/h1-5,10H,6-8H2. The van der Waals surface area contributed by atoms with E-state index >= 15 is 0 Å². The van der Waals surface area contributed by atoms with Crippen molar-refractivity contribution in [3.05, 3.63) is 35.9 Å². The minimum absolute atomic E-state index is 0.235. The van der Waals surface area contributed by atoms with E-state index in [1.54, 1.807) is 0 Å². The van der Waals surface area contributed by atoms with Gasteiger partial charge in [0.15, 0.2) is 0 Å². The summed E-state index contributed by atoms with van der Waals surface area (Å²) in [7, 11) is 0. The number of carbonyl (C=O) groups excluding carboxylic acids is 1. The van der Waals surface area contributed by atoms with Gasteiger partial charge in [-0.25, -0.2) is 10.1 Å². The van der Waals surface area contributed by atoms with Gasteiger partial charge in [0.1, 0.15) is 6.61 Å². The topological polar surface area (TPSA) is 40.4 Å². The number of benzene rings is 1. The highest BCUT2D eigenvalue weighted by Gasteiger charge is 2.26. The minimum atomic E-state index is -0.434. The van der Waals surface area contributed by atoms with Gasteiger partial charge in [-0.2, -0.15) is 0 Å². The first-order chi connectivity index (χ1) is 6.84. The quantitative estimate of drug-likeness (QED) is 0.732. The average molecular weight is 190 g/mol. The third-order valence-corrected chi connectivity index (χ3v) is 2.04. The van der Waals surface area contributed by atoms with Gasteiger partial charge in [-0.3, -0.25) is 0 Å². The fraction of sp³-hybridized carbons (Fsp3) is 0.364. The van der Waals surface area contributed by atoms with E-state index in [9.17, 15) is 4.79 Å². The zero-order valence-electron chi connectivity index (χ0n) is 7.85. The Labute approximate surface area is 83.1 Å². The van der Waals surface area contributed by atoms with Crippen LogP contribution in [0.4, 0.5) is 4.79 Å². The van der Waals surface area contributed by atoms with Crippen LogP contribution in [0.1, 0.15) is 18.4 Å². The molecule has 14 heavy (non-hydrogen) atoms. The summed E-state index contributed by atoms with van der Waals surface area (Å²) in [6.45, 7) is 0.315. The Morgan fingerprint density at radius 1 is 1.36 bits per heavy atom. The maximum Gasteiger partial charge on any atom is 0.429 e. The molecule has 0 atom stereocenters. The van der Waals surface area contributed by atoms with Crippen LogP contribution in [0.2, 0.25) is 0 Å². The third kappa shape index (κ3) is 2.76. The van der Waals surface area contributed by atoms with Gasteiger partial charge < -0.3 is 4.74 Å². The van der Waals surface area contributed by atoms with Crippen LogP contribution in [0.25, 0.3) is 0 Å². The monoisotopic (exact) mass is 190 g/mol. The second kappa shape index (κ2) is 4.13. The molecule has 1 aliphatic carbocycles. The van der Waals surface area contributed by atoms with Crippen LogP contribution >= 0.6 is 0 Å². The Morgan fingerprint density at radius 2 is 2.07 bits per heavy atom. The molecule has 0 bridgehead atoms. The van der Waals surface area contributed by atoms with E-state index in [1.807, 2.05) is 30.3 Å². The predicted molar refractivity (Wildman–Crippen MR) is 51.8 cm³/mol.